The van der Waals surface area contributed by atoms with Crippen LogP contribution in [0.2, 0.25) is 10.0 Å². The molecule has 8 rings (SSSR count). The zero-order chi connectivity index (χ0) is 45.7. The standard InChI is InChI=1S/2C23H21ClF2N4O2/c2*24-21-17(18(25)5-6-19(21)26)12-32-20-9-15(10-29-22(20)28)13-1-3-14(4-2-13)23(31)30-8-7-16(27)11-30/h2*1-6,9-10,16H,7-8,11-12,27H2,(H2,28,29)/t2*16-/m10/s1. The van der Waals surface area contributed by atoms with E-state index in [0.717, 1.165) is 48.2 Å². The van der Waals surface area contributed by atoms with E-state index in [-0.39, 0.29) is 81.4 Å². The smallest absolute Gasteiger partial charge is 0.253 e. The van der Waals surface area contributed by atoms with Crippen molar-refractivity contribution in [1.82, 2.24) is 19.8 Å². The van der Waals surface area contributed by atoms with Gasteiger partial charge in [0, 0.05) is 84.0 Å². The third-order valence-electron chi connectivity index (χ3n) is 10.7. The van der Waals surface area contributed by atoms with Gasteiger partial charge in [-0.2, -0.15) is 0 Å². The van der Waals surface area contributed by atoms with Crippen LogP contribution in [-0.2, 0) is 13.2 Å². The summed E-state index contributed by atoms with van der Waals surface area (Å²) in [5.41, 5.74) is 27.4. The molecular formula is C46H42Cl2F4N8O4. The Morgan fingerprint density at radius 3 is 1.28 bits per heavy atom. The highest BCUT2D eigenvalue weighted by Crippen LogP contribution is 2.32. The summed E-state index contributed by atoms with van der Waals surface area (Å²) in [6, 6.07) is 21.3. The van der Waals surface area contributed by atoms with Gasteiger partial charge in [-0.1, -0.05) is 47.5 Å². The number of likely N-dealkylation sites (tertiary alicyclic amines) is 2. The second kappa shape index (κ2) is 19.9. The quantitative estimate of drug-likeness (QED) is 0.0774. The number of nitrogens with two attached hydrogens (primary N) is 4. The molecule has 8 N–H and O–H groups in total. The SMILES string of the molecule is Nc1ncc(-c2ccc(C(=O)N3CC[C@@H](N)C3)cc2)cc1OCc1c(F)ccc(F)c1Cl.Nc1ncc(-c2ccc(C(=O)N3CC[C@H](N)C3)cc2)cc1OCc1c(F)ccc(F)c1Cl. The molecular weight excluding hydrogens is 875 g/mol. The fourth-order valence-electron chi connectivity index (χ4n) is 7.08. The van der Waals surface area contributed by atoms with Crippen molar-refractivity contribution in [2.75, 3.05) is 37.6 Å². The number of ether oxygens (including phenoxy) is 2. The van der Waals surface area contributed by atoms with Gasteiger partial charge >= 0.3 is 0 Å². The molecule has 64 heavy (non-hydrogen) atoms. The van der Waals surface area contributed by atoms with E-state index in [1.807, 2.05) is 0 Å². The van der Waals surface area contributed by atoms with Gasteiger partial charge < -0.3 is 42.2 Å². The molecule has 0 radical (unpaired) electrons. The van der Waals surface area contributed by atoms with E-state index in [1.165, 1.54) is 0 Å². The molecule has 332 valence electrons. The van der Waals surface area contributed by atoms with Crippen molar-refractivity contribution in [2.45, 2.75) is 38.1 Å². The molecule has 2 aliphatic rings. The predicted molar refractivity (Wildman–Crippen MR) is 237 cm³/mol. The van der Waals surface area contributed by atoms with Gasteiger partial charge in [-0.3, -0.25) is 9.59 Å². The lowest BCUT2D eigenvalue weighted by atomic mass is 10.0. The molecule has 4 aromatic carbocycles. The van der Waals surface area contributed by atoms with Crippen molar-refractivity contribution in [3.8, 4) is 33.8 Å². The van der Waals surface area contributed by atoms with E-state index < -0.39 is 23.3 Å². The highest BCUT2D eigenvalue weighted by molar-refractivity contribution is 6.31. The second-order valence-electron chi connectivity index (χ2n) is 15.2. The molecule has 2 aromatic heterocycles. The lowest BCUT2D eigenvalue weighted by Crippen LogP contribution is -2.31. The number of amides is 2. The molecule has 0 spiro atoms. The maximum absolute atomic E-state index is 14.0. The number of hydrogen-bond acceptors (Lipinski definition) is 10. The number of pyridine rings is 2. The van der Waals surface area contributed by atoms with Crippen LogP contribution in [0.3, 0.4) is 0 Å². The lowest BCUT2D eigenvalue weighted by molar-refractivity contribution is 0.0783. The normalized spacial score (nSPS) is 15.8. The zero-order valence-electron chi connectivity index (χ0n) is 34.0. The van der Waals surface area contributed by atoms with Crippen LogP contribution in [0.5, 0.6) is 11.5 Å². The summed E-state index contributed by atoms with van der Waals surface area (Å²) in [5, 5.41) is -0.682. The highest BCUT2D eigenvalue weighted by atomic mass is 35.5. The third kappa shape index (κ3) is 10.5. The Morgan fingerprint density at radius 1 is 0.578 bits per heavy atom. The average Bonchev–Trinajstić information content (AvgIpc) is 3.95. The number of nitrogens with zero attached hydrogens (tertiary/aromatic N) is 4. The van der Waals surface area contributed by atoms with Crippen molar-refractivity contribution in [3.05, 3.63) is 153 Å². The topological polar surface area (TPSA) is 189 Å². The number of carbonyl (C=O) groups is 2. The van der Waals surface area contributed by atoms with Gasteiger partial charge in [-0.15, -0.1) is 0 Å². The summed E-state index contributed by atoms with van der Waals surface area (Å²) < 4.78 is 66.4. The largest absolute Gasteiger partial charge is 0.485 e. The van der Waals surface area contributed by atoms with Crippen LogP contribution in [0.15, 0.2) is 97.3 Å². The van der Waals surface area contributed by atoms with Crippen LogP contribution < -0.4 is 32.4 Å². The number of carbonyl (C=O) groups excluding carboxylic acids is 2. The van der Waals surface area contributed by atoms with Gasteiger partial charge in [0.2, 0.25) is 0 Å². The first-order valence-corrected chi connectivity index (χ1v) is 20.7. The molecule has 0 aliphatic carbocycles. The molecule has 2 fully saturated rings. The third-order valence-corrected chi connectivity index (χ3v) is 11.6. The van der Waals surface area contributed by atoms with Crippen LogP contribution in [0.25, 0.3) is 22.3 Å². The van der Waals surface area contributed by atoms with Crippen molar-refractivity contribution in [1.29, 1.82) is 0 Å². The first-order chi connectivity index (χ1) is 30.7. The number of aromatic nitrogens is 2. The van der Waals surface area contributed by atoms with E-state index in [4.69, 9.17) is 55.6 Å². The van der Waals surface area contributed by atoms with Gasteiger partial charge in [0.05, 0.1) is 10.0 Å². The van der Waals surface area contributed by atoms with Crippen molar-refractivity contribution in [2.24, 2.45) is 11.5 Å². The summed E-state index contributed by atoms with van der Waals surface area (Å²) in [6.45, 7) is 1.78. The summed E-state index contributed by atoms with van der Waals surface area (Å²) in [5.74, 6) is -2.36. The number of rotatable bonds is 10. The lowest BCUT2D eigenvalue weighted by Gasteiger charge is -2.16. The number of nitrogen functional groups attached to an aromatic ring is 2. The molecule has 0 saturated carbocycles. The fraction of sp³-hybridized carbons (Fsp3) is 0.217. The Bertz CT molecular complexity index is 2500. The van der Waals surface area contributed by atoms with E-state index in [2.05, 4.69) is 9.97 Å². The van der Waals surface area contributed by atoms with Crippen LogP contribution >= 0.6 is 23.2 Å². The molecule has 18 heteroatoms. The predicted octanol–water partition coefficient (Wildman–Crippen LogP) is 8.03. The Kier molecular flexibility index (Phi) is 14.2. The monoisotopic (exact) mass is 916 g/mol. The van der Waals surface area contributed by atoms with Crippen LogP contribution in [0, 0.1) is 23.3 Å². The number of hydrogen-bond donors (Lipinski definition) is 4. The molecule has 0 bridgehead atoms. The van der Waals surface area contributed by atoms with Gasteiger partial charge in [0.1, 0.15) is 36.5 Å². The summed E-state index contributed by atoms with van der Waals surface area (Å²) in [4.78, 5) is 36.9. The highest BCUT2D eigenvalue weighted by Gasteiger charge is 2.26. The Labute approximate surface area is 375 Å². The van der Waals surface area contributed by atoms with Crippen molar-refractivity contribution >= 4 is 46.7 Å². The number of benzene rings is 4. The Morgan fingerprint density at radius 2 is 0.938 bits per heavy atom. The van der Waals surface area contributed by atoms with Crippen LogP contribution in [0.1, 0.15) is 44.7 Å². The fourth-order valence-corrected chi connectivity index (χ4v) is 7.49. The van der Waals surface area contributed by atoms with Gasteiger partial charge in [-0.25, -0.2) is 27.5 Å². The summed E-state index contributed by atoms with van der Waals surface area (Å²) in [7, 11) is 0. The molecule has 0 unspecified atom stereocenters. The average molecular weight is 918 g/mol. The maximum Gasteiger partial charge on any atom is 0.253 e. The molecule has 2 amide bonds. The van der Waals surface area contributed by atoms with Gasteiger partial charge in [0.15, 0.2) is 23.1 Å². The molecule has 2 atom stereocenters. The first kappa shape index (κ1) is 45.6. The molecule has 2 saturated heterocycles. The minimum atomic E-state index is -0.739. The van der Waals surface area contributed by atoms with E-state index >= 15 is 0 Å². The maximum atomic E-state index is 14.0. The van der Waals surface area contributed by atoms with E-state index in [1.54, 1.807) is 82.9 Å². The zero-order valence-corrected chi connectivity index (χ0v) is 35.6. The Balaban J connectivity index is 0.000000191. The van der Waals surface area contributed by atoms with Gasteiger partial charge in [-0.05, 0) is 84.6 Å². The summed E-state index contributed by atoms with van der Waals surface area (Å²) in [6.07, 6.45) is 4.73. The van der Waals surface area contributed by atoms with Crippen molar-refractivity contribution in [3.63, 3.8) is 0 Å². The Hall–Kier alpha value is -6.46. The van der Waals surface area contributed by atoms with Gasteiger partial charge in [0.25, 0.3) is 11.8 Å². The van der Waals surface area contributed by atoms with Crippen molar-refractivity contribution < 1.29 is 36.6 Å². The minimum Gasteiger partial charge on any atom is -0.485 e. The molecule has 2 aliphatic heterocycles. The van der Waals surface area contributed by atoms with E-state index in [0.29, 0.717) is 48.4 Å². The number of anilines is 2. The van der Waals surface area contributed by atoms with Crippen LogP contribution in [0.4, 0.5) is 29.2 Å². The molecule has 12 nitrogen and oxygen atoms in total. The number of halogens is 6. The summed E-state index contributed by atoms with van der Waals surface area (Å²) >= 11 is 11.7. The minimum absolute atomic E-state index is 0.0215. The molecule has 4 heterocycles. The molecule has 6 aromatic rings. The van der Waals surface area contributed by atoms with Crippen LogP contribution in [-0.4, -0.2) is 69.8 Å². The second-order valence-corrected chi connectivity index (χ2v) is 15.9. The first-order valence-electron chi connectivity index (χ1n) is 20.0. The van der Waals surface area contributed by atoms with E-state index in [9.17, 15) is 27.2 Å².